The second kappa shape index (κ2) is 3.84. The number of aryl methyl sites for hydroxylation is 1. The summed E-state index contributed by atoms with van der Waals surface area (Å²) in [6.45, 7) is 2.58. The van der Waals surface area contributed by atoms with Crippen LogP contribution in [0.3, 0.4) is 0 Å². The molecule has 0 aliphatic heterocycles. The van der Waals surface area contributed by atoms with Gasteiger partial charge in [-0.2, -0.15) is 0 Å². The van der Waals surface area contributed by atoms with Crippen LogP contribution in [-0.2, 0) is 5.41 Å². The molecule has 92 valence electrons. The molecule has 3 aliphatic carbocycles. The van der Waals surface area contributed by atoms with Crippen molar-refractivity contribution in [2.75, 3.05) is 6.61 Å². The van der Waals surface area contributed by atoms with Crippen LogP contribution in [0.5, 0.6) is 0 Å². The molecule has 3 saturated carbocycles. The molecule has 0 saturated heterocycles. The number of aliphatic hydroxyl groups excluding tert-OH is 1. The van der Waals surface area contributed by atoms with Crippen LogP contribution in [0.15, 0.2) is 24.3 Å². The highest BCUT2D eigenvalue weighted by atomic mass is 16.3. The zero-order valence-electron chi connectivity index (χ0n) is 10.7. The first-order valence-electron chi connectivity index (χ1n) is 6.86. The lowest BCUT2D eigenvalue weighted by molar-refractivity contribution is -0.00689. The van der Waals surface area contributed by atoms with Crippen molar-refractivity contribution < 1.29 is 5.11 Å². The molecule has 0 unspecified atom stereocenters. The fourth-order valence-electron chi connectivity index (χ4n) is 3.91. The molecule has 17 heavy (non-hydrogen) atoms. The molecular weight excluding hydrogens is 208 g/mol. The fourth-order valence-corrected chi connectivity index (χ4v) is 3.91. The molecule has 1 nitrogen and oxygen atoms in total. The summed E-state index contributed by atoms with van der Waals surface area (Å²) in [5, 5.41) is 9.56. The third kappa shape index (κ3) is 1.72. The van der Waals surface area contributed by atoms with Gasteiger partial charge in [-0.15, -0.1) is 0 Å². The highest BCUT2D eigenvalue weighted by molar-refractivity contribution is 5.31. The van der Waals surface area contributed by atoms with Gasteiger partial charge in [-0.05, 0) is 61.8 Å². The van der Waals surface area contributed by atoms with Gasteiger partial charge in [0.05, 0.1) is 0 Å². The topological polar surface area (TPSA) is 20.2 Å². The SMILES string of the molecule is Cc1cccc(C23CCC(CO)(CC2)CC3)c1. The largest absolute Gasteiger partial charge is 0.396 e. The van der Waals surface area contributed by atoms with Crippen LogP contribution in [0, 0.1) is 12.3 Å². The van der Waals surface area contributed by atoms with Crippen LogP contribution >= 0.6 is 0 Å². The number of hydrogen-bond donors (Lipinski definition) is 1. The Kier molecular flexibility index (Phi) is 2.55. The summed E-state index contributed by atoms with van der Waals surface area (Å²) in [6, 6.07) is 9.06. The lowest BCUT2D eigenvalue weighted by Gasteiger charge is -2.53. The number of rotatable bonds is 2. The van der Waals surface area contributed by atoms with E-state index in [1.54, 1.807) is 5.56 Å². The van der Waals surface area contributed by atoms with E-state index in [9.17, 15) is 5.11 Å². The van der Waals surface area contributed by atoms with E-state index in [1.807, 2.05) is 0 Å². The first-order chi connectivity index (χ1) is 8.18. The second-order valence-electron chi connectivity index (χ2n) is 6.31. The Labute approximate surface area is 104 Å². The summed E-state index contributed by atoms with van der Waals surface area (Å²) in [7, 11) is 0. The lowest BCUT2D eigenvalue weighted by Crippen LogP contribution is -2.45. The highest BCUT2D eigenvalue weighted by Crippen LogP contribution is 2.57. The number of aliphatic hydroxyl groups is 1. The second-order valence-corrected chi connectivity index (χ2v) is 6.31. The van der Waals surface area contributed by atoms with Gasteiger partial charge in [0.2, 0.25) is 0 Å². The van der Waals surface area contributed by atoms with Crippen LogP contribution in [-0.4, -0.2) is 11.7 Å². The van der Waals surface area contributed by atoms with E-state index in [0.717, 1.165) is 0 Å². The smallest absolute Gasteiger partial charge is 0.0487 e. The van der Waals surface area contributed by atoms with Crippen LogP contribution in [0.1, 0.15) is 49.7 Å². The van der Waals surface area contributed by atoms with Crippen molar-refractivity contribution in [3.8, 4) is 0 Å². The Balaban J connectivity index is 1.90. The molecule has 3 fully saturated rings. The van der Waals surface area contributed by atoms with Gasteiger partial charge in [-0.25, -0.2) is 0 Å². The number of hydrogen-bond acceptors (Lipinski definition) is 1. The predicted octanol–water partition coefficient (Wildman–Crippen LogP) is 3.58. The molecule has 1 aromatic carbocycles. The Hall–Kier alpha value is -0.820. The van der Waals surface area contributed by atoms with E-state index in [2.05, 4.69) is 31.2 Å². The summed E-state index contributed by atoms with van der Waals surface area (Å²) < 4.78 is 0. The first-order valence-corrected chi connectivity index (χ1v) is 6.86. The lowest BCUT2D eigenvalue weighted by atomic mass is 9.52. The number of fused-ring (bicyclic) bond motifs is 3. The van der Waals surface area contributed by atoms with Gasteiger partial charge in [0.25, 0.3) is 0 Å². The maximum atomic E-state index is 9.56. The Morgan fingerprint density at radius 3 is 2.24 bits per heavy atom. The van der Waals surface area contributed by atoms with E-state index in [-0.39, 0.29) is 5.41 Å². The molecule has 0 spiro atoms. The quantitative estimate of drug-likeness (QED) is 0.823. The summed E-state index contributed by atoms with van der Waals surface area (Å²) in [6.07, 6.45) is 7.48. The van der Waals surface area contributed by atoms with E-state index in [4.69, 9.17) is 0 Å². The summed E-state index contributed by atoms with van der Waals surface area (Å²) in [5.74, 6) is 0. The standard InChI is InChI=1S/C16H22O/c1-13-3-2-4-14(11-13)16-8-5-15(12-17,6-9-16)7-10-16/h2-4,11,17H,5-10,12H2,1H3. The van der Waals surface area contributed by atoms with Crippen LogP contribution < -0.4 is 0 Å². The van der Waals surface area contributed by atoms with E-state index in [0.29, 0.717) is 12.0 Å². The monoisotopic (exact) mass is 230 g/mol. The van der Waals surface area contributed by atoms with Crippen molar-refractivity contribution in [2.45, 2.75) is 50.9 Å². The third-order valence-corrected chi connectivity index (χ3v) is 5.37. The normalized spacial score (nSPS) is 36.1. The van der Waals surface area contributed by atoms with Gasteiger partial charge >= 0.3 is 0 Å². The Bertz CT molecular complexity index is 397. The molecule has 1 heteroatoms. The third-order valence-electron chi connectivity index (χ3n) is 5.37. The van der Waals surface area contributed by atoms with Gasteiger partial charge in [0, 0.05) is 6.61 Å². The van der Waals surface area contributed by atoms with Crippen molar-refractivity contribution in [2.24, 2.45) is 5.41 Å². The van der Waals surface area contributed by atoms with Crippen LogP contribution in [0.25, 0.3) is 0 Å². The summed E-state index contributed by atoms with van der Waals surface area (Å²) >= 11 is 0. The molecule has 3 aliphatic rings. The molecule has 0 atom stereocenters. The molecule has 0 aromatic heterocycles. The molecule has 0 radical (unpaired) electrons. The first kappa shape index (κ1) is 11.3. The molecule has 4 rings (SSSR count). The predicted molar refractivity (Wildman–Crippen MR) is 70.1 cm³/mol. The van der Waals surface area contributed by atoms with Gasteiger partial charge in [-0.1, -0.05) is 29.8 Å². The number of benzene rings is 1. The minimum Gasteiger partial charge on any atom is -0.396 e. The maximum Gasteiger partial charge on any atom is 0.0487 e. The molecule has 1 aromatic rings. The van der Waals surface area contributed by atoms with Crippen LogP contribution in [0.2, 0.25) is 0 Å². The van der Waals surface area contributed by atoms with Crippen LogP contribution in [0.4, 0.5) is 0 Å². The summed E-state index contributed by atoms with van der Waals surface area (Å²) in [4.78, 5) is 0. The van der Waals surface area contributed by atoms with Gasteiger partial charge < -0.3 is 5.11 Å². The molecule has 1 N–H and O–H groups in total. The van der Waals surface area contributed by atoms with E-state index < -0.39 is 0 Å². The van der Waals surface area contributed by atoms with Gasteiger partial charge in [0.1, 0.15) is 0 Å². The van der Waals surface area contributed by atoms with Crippen molar-refractivity contribution in [3.63, 3.8) is 0 Å². The zero-order valence-corrected chi connectivity index (χ0v) is 10.7. The van der Waals surface area contributed by atoms with E-state index >= 15 is 0 Å². The van der Waals surface area contributed by atoms with Crippen molar-refractivity contribution in [1.82, 2.24) is 0 Å². The molecule has 0 heterocycles. The van der Waals surface area contributed by atoms with Crippen molar-refractivity contribution in [1.29, 1.82) is 0 Å². The molecular formula is C16H22O. The minimum atomic E-state index is 0.283. The fraction of sp³-hybridized carbons (Fsp3) is 0.625. The van der Waals surface area contributed by atoms with Crippen molar-refractivity contribution >= 4 is 0 Å². The Morgan fingerprint density at radius 2 is 1.71 bits per heavy atom. The van der Waals surface area contributed by atoms with E-state index in [1.165, 1.54) is 44.1 Å². The average Bonchev–Trinajstić information content (AvgIpc) is 2.41. The average molecular weight is 230 g/mol. The van der Waals surface area contributed by atoms with Gasteiger partial charge in [0.15, 0.2) is 0 Å². The molecule has 0 amide bonds. The van der Waals surface area contributed by atoms with Gasteiger partial charge in [-0.3, -0.25) is 0 Å². The minimum absolute atomic E-state index is 0.283. The highest BCUT2D eigenvalue weighted by Gasteiger charge is 2.48. The zero-order chi connectivity index (χ0) is 11.9. The Morgan fingerprint density at radius 1 is 1.06 bits per heavy atom. The molecule has 2 bridgehead atoms. The maximum absolute atomic E-state index is 9.56. The van der Waals surface area contributed by atoms with Crippen molar-refractivity contribution in [3.05, 3.63) is 35.4 Å². The summed E-state index contributed by atoms with van der Waals surface area (Å²) in [5.41, 5.74) is 3.64.